The first kappa shape index (κ1) is 13.1. The third kappa shape index (κ3) is 2.57. The number of aromatic nitrogens is 2. The van der Waals surface area contributed by atoms with Gasteiger partial charge in [0.2, 0.25) is 5.88 Å². The number of hydrogen-bond acceptors (Lipinski definition) is 2. The van der Waals surface area contributed by atoms with Crippen molar-refractivity contribution in [2.24, 2.45) is 7.05 Å². The molecule has 0 spiro atoms. The minimum absolute atomic E-state index is 0.0418. The molecule has 1 aromatic heterocycles. The minimum Gasteiger partial charge on any atom is -0.416 e. The average Bonchev–Trinajstić information content (AvgIpc) is 2.58. The Balaban J connectivity index is 2.43. The molecule has 0 amide bonds. The molecule has 0 radical (unpaired) electrons. The quantitative estimate of drug-likeness (QED) is 0.855. The van der Waals surface area contributed by atoms with Crippen LogP contribution < -0.4 is 4.74 Å². The van der Waals surface area contributed by atoms with E-state index in [0.29, 0.717) is 16.3 Å². The van der Waals surface area contributed by atoms with Crippen molar-refractivity contribution in [2.45, 2.75) is 6.61 Å². The predicted molar refractivity (Wildman–Crippen MR) is 65.3 cm³/mol. The Hall–Kier alpha value is -1.33. The van der Waals surface area contributed by atoms with Gasteiger partial charge in [0.05, 0.1) is 0 Å². The summed E-state index contributed by atoms with van der Waals surface area (Å²) >= 11 is 11.7. The molecular formula is C11H8Cl2F2N2O. The van der Waals surface area contributed by atoms with Gasteiger partial charge in [0.25, 0.3) is 0 Å². The van der Waals surface area contributed by atoms with Gasteiger partial charge in [-0.15, -0.1) is 0 Å². The Morgan fingerprint density at radius 3 is 2.39 bits per heavy atom. The summed E-state index contributed by atoms with van der Waals surface area (Å²) in [5.41, 5.74) is 1.04. The molecule has 0 aliphatic heterocycles. The van der Waals surface area contributed by atoms with Crippen molar-refractivity contribution in [2.75, 3.05) is 0 Å². The zero-order chi connectivity index (χ0) is 13.3. The summed E-state index contributed by atoms with van der Waals surface area (Å²) in [6.45, 7) is -2.95. The van der Waals surface area contributed by atoms with Crippen molar-refractivity contribution in [3.05, 3.63) is 34.3 Å². The summed E-state index contributed by atoms with van der Waals surface area (Å²) in [6, 6.07) is 6.72. The Labute approximate surface area is 112 Å². The zero-order valence-corrected chi connectivity index (χ0v) is 10.7. The zero-order valence-electron chi connectivity index (χ0n) is 9.20. The lowest BCUT2D eigenvalue weighted by Crippen LogP contribution is -2.06. The Morgan fingerprint density at radius 1 is 1.22 bits per heavy atom. The number of rotatable bonds is 3. The van der Waals surface area contributed by atoms with Crippen LogP contribution in [0.3, 0.4) is 0 Å². The van der Waals surface area contributed by atoms with Gasteiger partial charge in [-0.05, 0) is 12.1 Å². The number of aryl methyl sites for hydroxylation is 1. The van der Waals surface area contributed by atoms with E-state index in [1.54, 1.807) is 24.3 Å². The highest BCUT2D eigenvalue weighted by molar-refractivity contribution is 6.34. The van der Waals surface area contributed by atoms with Gasteiger partial charge in [-0.2, -0.15) is 13.9 Å². The second-order valence-electron chi connectivity index (χ2n) is 3.48. The second-order valence-corrected chi connectivity index (χ2v) is 4.29. The van der Waals surface area contributed by atoms with E-state index in [2.05, 4.69) is 9.84 Å². The van der Waals surface area contributed by atoms with E-state index < -0.39 is 6.61 Å². The lowest BCUT2D eigenvalue weighted by Gasteiger charge is -2.03. The average molecular weight is 293 g/mol. The molecule has 0 fully saturated rings. The van der Waals surface area contributed by atoms with Crippen LogP contribution >= 0.6 is 23.2 Å². The van der Waals surface area contributed by atoms with Crippen LogP contribution in [0.1, 0.15) is 0 Å². The first-order chi connectivity index (χ1) is 8.49. The lowest BCUT2D eigenvalue weighted by atomic mass is 10.1. The first-order valence-electron chi connectivity index (χ1n) is 4.92. The second kappa shape index (κ2) is 5.12. The molecule has 2 rings (SSSR count). The third-order valence-electron chi connectivity index (χ3n) is 2.26. The van der Waals surface area contributed by atoms with Crippen molar-refractivity contribution in [3.8, 4) is 17.1 Å². The van der Waals surface area contributed by atoms with Gasteiger partial charge in [0.15, 0.2) is 0 Å². The van der Waals surface area contributed by atoms with Crippen LogP contribution in [0, 0.1) is 0 Å². The predicted octanol–water partition coefficient (Wildman–Crippen LogP) is 4.00. The minimum atomic E-state index is -2.95. The third-order valence-corrected chi connectivity index (χ3v) is 2.85. The van der Waals surface area contributed by atoms with E-state index >= 15 is 0 Å². The molecule has 3 nitrogen and oxygen atoms in total. The molecule has 2 aromatic rings. The van der Waals surface area contributed by atoms with Gasteiger partial charge in [0, 0.05) is 17.6 Å². The highest BCUT2D eigenvalue weighted by atomic mass is 35.5. The van der Waals surface area contributed by atoms with Crippen LogP contribution in [0.15, 0.2) is 24.3 Å². The molecule has 0 N–H and O–H groups in total. The molecule has 0 aliphatic rings. The Bertz CT molecular complexity index is 555. The smallest absolute Gasteiger partial charge is 0.388 e. The molecule has 0 bridgehead atoms. The molecule has 96 valence electrons. The van der Waals surface area contributed by atoms with Crippen LogP contribution in [-0.2, 0) is 7.05 Å². The van der Waals surface area contributed by atoms with Gasteiger partial charge in [-0.1, -0.05) is 35.3 Å². The van der Waals surface area contributed by atoms with Gasteiger partial charge >= 0.3 is 6.61 Å². The van der Waals surface area contributed by atoms with E-state index in [1.165, 1.54) is 11.7 Å². The Kier molecular flexibility index (Phi) is 3.73. The van der Waals surface area contributed by atoms with Crippen LogP contribution in [0.2, 0.25) is 10.0 Å². The number of alkyl halides is 2. The van der Waals surface area contributed by atoms with Gasteiger partial charge in [0.1, 0.15) is 10.7 Å². The monoisotopic (exact) mass is 292 g/mol. The van der Waals surface area contributed by atoms with E-state index in [4.69, 9.17) is 23.2 Å². The van der Waals surface area contributed by atoms with Crippen LogP contribution in [0.5, 0.6) is 5.88 Å². The molecule has 18 heavy (non-hydrogen) atoms. The fourth-order valence-electron chi connectivity index (χ4n) is 1.49. The highest BCUT2D eigenvalue weighted by Gasteiger charge is 2.19. The SMILES string of the molecule is Cn1nc(-c2ccc(Cl)cc2)c(Cl)c1OC(F)F. The number of nitrogens with zero attached hydrogens (tertiary/aromatic N) is 2. The van der Waals surface area contributed by atoms with E-state index in [0.717, 1.165) is 0 Å². The maximum absolute atomic E-state index is 12.2. The summed E-state index contributed by atoms with van der Waals surface area (Å²) in [5, 5.41) is 4.65. The fraction of sp³-hybridized carbons (Fsp3) is 0.182. The van der Waals surface area contributed by atoms with Crippen molar-refractivity contribution in [3.63, 3.8) is 0 Å². The van der Waals surface area contributed by atoms with Crippen LogP contribution in [-0.4, -0.2) is 16.4 Å². The van der Waals surface area contributed by atoms with Gasteiger partial charge < -0.3 is 4.74 Å². The maximum Gasteiger partial charge on any atom is 0.388 e. The largest absolute Gasteiger partial charge is 0.416 e. The topological polar surface area (TPSA) is 27.1 Å². The first-order valence-corrected chi connectivity index (χ1v) is 5.68. The highest BCUT2D eigenvalue weighted by Crippen LogP contribution is 2.35. The number of hydrogen-bond donors (Lipinski definition) is 0. The van der Waals surface area contributed by atoms with Gasteiger partial charge in [-0.25, -0.2) is 4.68 Å². The summed E-state index contributed by atoms with van der Waals surface area (Å²) in [7, 11) is 1.48. The molecule has 1 heterocycles. The van der Waals surface area contributed by atoms with Crippen molar-refractivity contribution < 1.29 is 13.5 Å². The van der Waals surface area contributed by atoms with Crippen LogP contribution in [0.4, 0.5) is 8.78 Å². The molecule has 0 unspecified atom stereocenters. The van der Waals surface area contributed by atoms with Gasteiger partial charge in [-0.3, -0.25) is 0 Å². The Morgan fingerprint density at radius 2 is 1.83 bits per heavy atom. The van der Waals surface area contributed by atoms with Crippen molar-refractivity contribution in [1.82, 2.24) is 9.78 Å². The van der Waals surface area contributed by atoms with Crippen molar-refractivity contribution >= 4 is 23.2 Å². The summed E-state index contributed by atoms with van der Waals surface area (Å²) in [4.78, 5) is 0. The molecule has 1 aromatic carbocycles. The number of benzene rings is 1. The maximum atomic E-state index is 12.2. The number of ether oxygens (including phenoxy) is 1. The molecule has 0 saturated carbocycles. The van der Waals surface area contributed by atoms with Crippen LogP contribution in [0.25, 0.3) is 11.3 Å². The standard InChI is InChI=1S/C11H8Cl2F2N2O/c1-17-10(18-11(14)15)8(13)9(16-17)6-2-4-7(12)5-3-6/h2-5,11H,1H3. The fourth-order valence-corrected chi connectivity index (χ4v) is 1.93. The van der Waals surface area contributed by atoms with E-state index in [-0.39, 0.29) is 10.9 Å². The molecular weight excluding hydrogens is 285 g/mol. The summed E-state index contributed by atoms with van der Waals surface area (Å²) in [6.07, 6.45) is 0. The molecule has 0 saturated heterocycles. The van der Waals surface area contributed by atoms with Crippen molar-refractivity contribution in [1.29, 1.82) is 0 Å². The summed E-state index contributed by atoms with van der Waals surface area (Å²) < 4.78 is 29.9. The van der Waals surface area contributed by atoms with E-state index in [9.17, 15) is 8.78 Å². The van der Waals surface area contributed by atoms with E-state index in [1.807, 2.05) is 0 Å². The number of halogens is 4. The normalized spacial score (nSPS) is 11.0. The molecule has 0 atom stereocenters. The summed E-state index contributed by atoms with van der Waals surface area (Å²) in [5.74, 6) is -0.170. The molecule has 0 aliphatic carbocycles. The lowest BCUT2D eigenvalue weighted by molar-refractivity contribution is -0.0552. The molecule has 7 heteroatoms.